The summed E-state index contributed by atoms with van der Waals surface area (Å²) in [6.45, 7) is -3.06. The van der Waals surface area contributed by atoms with Crippen molar-refractivity contribution >= 4 is 11.8 Å². The quantitative estimate of drug-likeness (QED) is 0.776. The van der Waals surface area contributed by atoms with Crippen LogP contribution in [0.2, 0.25) is 0 Å². The molecule has 1 saturated carbocycles. The Morgan fingerprint density at radius 3 is 1.43 bits per heavy atom. The molecule has 2 atom stereocenters. The lowest BCUT2D eigenvalue weighted by Gasteiger charge is -2.19. The van der Waals surface area contributed by atoms with Crippen LogP contribution in [0.25, 0.3) is 0 Å². The van der Waals surface area contributed by atoms with Gasteiger partial charge < -0.3 is 10.6 Å². The molecular formula is C11H14F6N2O2. The largest absolute Gasteiger partial charge is 0.405 e. The third-order valence-corrected chi connectivity index (χ3v) is 3.12. The lowest BCUT2D eigenvalue weighted by Crippen LogP contribution is -2.44. The molecule has 0 heterocycles. The third kappa shape index (κ3) is 6.21. The first-order chi connectivity index (χ1) is 9.49. The Kier molecular flexibility index (Phi) is 5.46. The first kappa shape index (κ1) is 17.6. The van der Waals surface area contributed by atoms with Gasteiger partial charge in [0.15, 0.2) is 0 Å². The van der Waals surface area contributed by atoms with E-state index >= 15 is 0 Å². The third-order valence-electron chi connectivity index (χ3n) is 3.12. The maximum absolute atomic E-state index is 12.0. The van der Waals surface area contributed by atoms with Crippen molar-refractivity contribution in [2.45, 2.75) is 31.6 Å². The molecule has 0 radical (unpaired) electrons. The van der Waals surface area contributed by atoms with Crippen LogP contribution in [0, 0.1) is 11.8 Å². The van der Waals surface area contributed by atoms with Gasteiger partial charge in [0.25, 0.3) is 0 Å². The highest BCUT2D eigenvalue weighted by atomic mass is 19.4. The predicted molar refractivity (Wildman–Crippen MR) is 59.0 cm³/mol. The van der Waals surface area contributed by atoms with Crippen LogP contribution in [0.15, 0.2) is 0 Å². The van der Waals surface area contributed by atoms with Crippen LogP contribution in [0.1, 0.15) is 19.3 Å². The highest BCUT2D eigenvalue weighted by Crippen LogP contribution is 2.32. The second-order valence-corrected chi connectivity index (χ2v) is 4.81. The topological polar surface area (TPSA) is 58.2 Å². The molecule has 21 heavy (non-hydrogen) atoms. The van der Waals surface area contributed by atoms with Gasteiger partial charge in [-0.05, 0) is 12.8 Å². The lowest BCUT2D eigenvalue weighted by molar-refractivity contribution is -0.146. The second-order valence-electron chi connectivity index (χ2n) is 4.81. The molecule has 4 nitrogen and oxygen atoms in total. The van der Waals surface area contributed by atoms with Crippen molar-refractivity contribution in [1.82, 2.24) is 10.6 Å². The van der Waals surface area contributed by atoms with Crippen LogP contribution in [0.4, 0.5) is 26.3 Å². The molecule has 0 saturated heterocycles. The smallest absolute Gasteiger partial charge is 0.347 e. The van der Waals surface area contributed by atoms with E-state index in [1.807, 2.05) is 0 Å². The van der Waals surface area contributed by atoms with E-state index in [9.17, 15) is 35.9 Å². The summed E-state index contributed by atoms with van der Waals surface area (Å²) in [6.07, 6.45) is -8.42. The number of amides is 2. The Labute approximate surface area is 116 Å². The van der Waals surface area contributed by atoms with Gasteiger partial charge in [-0.15, -0.1) is 0 Å². The van der Waals surface area contributed by atoms with Crippen molar-refractivity contribution in [1.29, 1.82) is 0 Å². The average molecular weight is 320 g/mol. The maximum Gasteiger partial charge on any atom is 0.405 e. The van der Waals surface area contributed by atoms with Crippen molar-refractivity contribution in [3.8, 4) is 0 Å². The summed E-state index contributed by atoms with van der Waals surface area (Å²) in [5.41, 5.74) is 0. The first-order valence-corrected chi connectivity index (χ1v) is 6.18. The number of carbonyl (C=O) groups is 2. The number of hydrogen-bond acceptors (Lipinski definition) is 2. The van der Waals surface area contributed by atoms with Gasteiger partial charge in [0.05, 0.1) is 0 Å². The molecule has 122 valence electrons. The van der Waals surface area contributed by atoms with E-state index in [4.69, 9.17) is 0 Å². The molecular weight excluding hydrogens is 306 g/mol. The molecule has 0 bridgehead atoms. The number of rotatable bonds is 4. The Balaban J connectivity index is 2.54. The predicted octanol–water partition coefficient (Wildman–Crippen LogP) is 1.76. The van der Waals surface area contributed by atoms with Gasteiger partial charge in [-0.3, -0.25) is 9.59 Å². The van der Waals surface area contributed by atoms with Crippen molar-refractivity contribution in [2.75, 3.05) is 13.1 Å². The standard InChI is InChI=1S/C11H14F6N2O2/c12-10(13,14)4-18-8(20)6-2-1-3-7(6)9(21)19-5-11(15,16)17/h6-7H,1-5H2,(H,18,20)(H,19,21)/t6-,7+. The summed E-state index contributed by atoms with van der Waals surface area (Å²) in [4.78, 5) is 23.2. The zero-order valence-electron chi connectivity index (χ0n) is 10.8. The molecule has 1 aliphatic rings. The maximum atomic E-state index is 12.0. The Morgan fingerprint density at radius 1 is 0.810 bits per heavy atom. The monoisotopic (exact) mass is 320 g/mol. The number of carbonyl (C=O) groups excluding carboxylic acids is 2. The second kappa shape index (κ2) is 6.52. The van der Waals surface area contributed by atoms with E-state index in [1.54, 1.807) is 10.6 Å². The highest BCUT2D eigenvalue weighted by Gasteiger charge is 2.40. The van der Waals surface area contributed by atoms with Crippen LogP contribution in [-0.4, -0.2) is 37.3 Å². The molecule has 0 unspecified atom stereocenters. The fourth-order valence-electron chi connectivity index (χ4n) is 2.22. The zero-order chi connectivity index (χ0) is 16.3. The van der Waals surface area contributed by atoms with Gasteiger partial charge in [-0.1, -0.05) is 6.42 Å². The van der Waals surface area contributed by atoms with Crippen LogP contribution < -0.4 is 10.6 Å². The molecule has 1 rings (SSSR count). The molecule has 0 spiro atoms. The van der Waals surface area contributed by atoms with Crippen LogP contribution in [0.3, 0.4) is 0 Å². The van der Waals surface area contributed by atoms with Crippen LogP contribution >= 0.6 is 0 Å². The molecule has 1 aliphatic carbocycles. The molecule has 0 aromatic rings. The fourth-order valence-corrected chi connectivity index (χ4v) is 2.22. The minimum absolute atomic E-state index is 0.174. The number of alkyl halides is 6. The summed E-state index contributed by atoms with van der Waals surface area (Å²) in [5, 5.41) is 3.31. The van der Waals surface area contributed by atoms with E-state index in [1.165, 1.54) is 0 Å². The summed E-state index contributed by atoms with van der Waals surface area (Å²) < 4.78 is 71.9. The normalized spacial score (nSPS) is 23.0. The van der Waals surface area contributed by atoms with Crippen molar-refractivity contribution in [3.05, 3.63) is 0 Å². The molecule has 10 heteroatoms. The minimum atomic E-state index is -4.58. The number of halogens is 6. The summed E-state index contributed by atoms with van der Waals surface area (Å²) in [6, 6.07) is 0. The van der Waals surface area contributed by atoms with Crippen molar-refractivity contribution < 1.29 is 35.9 Å². The molecule has 2 N–H and O–H groups in total. The summed E-state index contributed by atoms with van der Waals surface area (Å²) in [5.74, 6) is -3.98. The van der Waals surface area contributed by atoms with Crippen LogP contribution in [-0.2, 0) is 9.59 Å². The van der Waals surface area contributed by atoms with E-state index in [-0.39, 0.29) is 12.8 Å². The Bertz CT molecular complexity index is 357. The average Bonchev–Trinajstić information content (AvgIpc) is 2.80. The van der Waals surface area contributed by atoms with Crippen LogP contribution in [0.5, 0.6) is 0 Å². The molecule has 1 fully saturated rings. The lowest BCUT2D eigenvalue weighted by atomic mass is 9.94. The van der Waals surface area contributed by atoms with E-state index in [2.05, 4.69) is 0 Å². The van der Waals surface area contributed by atoms with Gasteiger partial charge >= 0.3 is 12.4 Å². The number of hydrogen-bond donors (Lipinski definition) is 2. The van der Waals surface area contributed by atoms with Gasteiger partial charge in [-0.25, -0.2) is 0 Å². The van der Waals surface area contributed by atoms with Gasteiger partial charge in [0.2, 0.25) is 11.8 Å². The molecule has 0 aliphatic heterocycles. The molecule has 0 aromatic heterocycles. The van der Waals surface area contributed by atoms with Crippen molar-refractivity contribution in [3.63, 3.8) is 0 Å². The fraction of sp³-hybridized carbons (Fsp3) is 0.818. The summed E-state index contributed by atoms with van der Waals surface area (Å²) >= 11 is 0. The van der Waals surface area contributed by atoms with Gasteiger partial charge in [-0.2, -0.15) is 26.3 Å². The molecule has 0 aromatic carbocycles. The first-order valence-electron chi connectivity index (χ1n) is 6.18. The minimum Gasteiger partial charge on any atom is -0.347 e. The highest BCUT2D eigenvalue weighted by molar-refractivity contribution is 5.88. The van der Waals surface area contributed by atoms with E-state index in [0.29, 0.717) is 6.42 Å². The number of nitrogens with one attached hydrogen (secondary N) is 2. The molecule has 2 amide bonds. The van der Waals surface area contributed by atoms with E-state index < -0.39 is 49.1 Å². The van der Waals surface area contributed by atoms with Gasteiger partial charge in [0.1, 0.15) is 13.1 Å². The Morgan fingerprint density at radius 2 is 1.14 bits per heavy atom. The summed E-state index contributed by atoms with van der Waals surface area (Å²) in [7, 11) is 0. The zero-order valence-corrected chi connectivity index (χ0v) is 10.8. The van der Waals surface area contributed by atoms with Gasteiger partial charge in [0, 0.05) is 11.8 Å². The Hall–Kier alpha value is -1.48. The SMILES string of the molecule is O=C(NCC(F)(F)F)[C@H]1CCC[C@H]1C(=O)NCC(F)(F)F. The van der Waals surface area contributed by atoms with E-state index in [0.717, 1.165) is 0 Å². The van der Waals surface area contributed by atoms with Crippen molar-refractivity contribution in [2.24, 2.45) is 11.8 Å².